The maximum Gasteiger partial charge on any atom is 0.152 e. The molecule has 0 amide bonds. The number of hydrogen-bond acceptors (Lipinski definition) is 3. The first-order valence-corrected chi connectivity index (χ1v) is 6.46. The molecule has 0 bridgehead atoms. The Morgan fingerprint density at radius 2 is 2.32 bits per heavy atom. The van der Waals surface area contributed by atoms with Crippen molar-refractivity contribution in [2.45, 2.75) is 33.2 Å². The molecule has 2 heterocycles. The number of carbonyl (C=O) groups excluding carboxylic acids is 1. The highest BCUT2D eigenvalue weighted by Gasteiger charge is 2.09. The average molecular weight is 257 g/mol. The fourth-order valence-electron chi connectivity index (χ4n) is 2.07. The topological polar surface area (TPSA) is 57.8 Å². The van der Waals surface area contributed by atoms with Gasteiger partial charge in [-0.1, -0.05) is 6.08 Å². The van der Waals surface area contributed by atoms with Gasteiger partial charge in [0.1, 0.15) is 5.65 Å². The Kier molecular flexibility index (Phi) is 4.00. The second-order valence-corrected chi connectivity index (χ2v) is 4.91. The summed E-state index contributed by atoms with van der Waals surface area (Å²) in [6, 6.07) is 2.34. The van der Waals surface area contributed by atoms with Crippen LogP contribution in [-0.2, 0) is 11.2 Å². The van der Waals surface area contributed by atoms with Crippen LogP contribution in [0, 0.1) is 0 Å². The first kappa shape index (κ1) is 13.3. The van der Waals surface area contributed by atoms with Crippen molar-refractivity contribution in [3.05, 3.63) is 36.2 Å². The Balaban J connectivity index is 2.36. The minimum Gasteiger partial charge on any atom is -0.382 e. The van der Waals surface area contributed by atoms with E-state index >= 15 is 0 Å². The van der Waals surface area contributed by atoms with Gasteiger partial charge in [0.05, 0.1) is 0 Å². The minimum absolute atomic E-state index is 0.0681. The summed E-state index contributed by atoms with van der Waals surface area (Å²) in [5, 5.41) is 4.52. The summed E-state index contributed by atoms with van der Waals surface area (Å²) < 4.78 is 0. The molecule has 19 heavy (non-hydrogen) atoms. The lowest BCUT2D eigenvalue weighted by atomic mass is 10.1. The van der Waals surface area contributed by atoms with E-state index in [0.717, 1.165) is 28.7 Å². The zero-order valence-electron chi connectivity index (χ0n) is 11.5. The fourth-order valence-corrected chi connectivity index (χ4v) is 2.07. The maximum atomic E-state index is 10.9. The molecule has 0 saturated carbocycles. The van der Waals surface area contributed by atoms with E-state index in [9.17, 15) is 4.79 Å². The van der Waals surface area contributed by atoms with Crippen LogP contribution in [0.3, 0.4) is 0 Å². The standard InChI is InChI=1S/C15H19N3O/c1-10(2)18-13-7-8-16-15-14(13)12(9-17-15)6-4-5-11(3)19/h4-5,7-10H,6H2,1-3H3,(H2,16,17,18)/b5-4+. The number of rotatable bonds is 5. The SMILES string of the molecule is CC(=O)/C=C/Cc1c[nH]c2nccc(NC(C)C)c12. The van der Waals surface area contributed by atoms with E-state index in [2.05, 4.69) is 29.1 Å². The van der Waals surface area contributed by atoms with E-state index in [1.807, 2.05) is 18.3 Å². The number of fused-ring (bicyclic) bond motifs is 1. The van der Waals surface area contributed by atoms with Crippen LogP contribution in [-0.4, -0.2) is 21.8 Å². The van der Waals surface area contributed by atoms with E-state index < -0.39 is 0 Å². The van der Waals surface area contributed by atoms with Crippen molar-refractivity contribution < 1.29 is 4.79 Å². The van der Waals surface area contributed by atoms with Gasteiger partial charge < -0.3 is 10.3 Å². The molecule has 0 aliphatic rings. The second kappa shape index (κ2) is 5.69. The predicted molar refractivity (Wildman–Crippen MR) is 78.4 cm³/mol. The summed E-state index contributed by atoms with van der Waals surface area (Å²) in [6.07, 6.45) is 7.95. The summed E-state index contributed by atoms with van der Waals surface area (Å²) >= 11 is 0. The highest BCUT2D eigenvalue weighted by Crippen LogP contribution is 2.26. The Morgan fingerprint density at radius 1 is 1.53 bits per heavy atom. The van der Waals surface area contributed by atoms with Crippen molar-refractivity contribution >= 4 is 22.5 Å². The highest BCUT2D eigenvalue weighted by molar-refractivity contribution is 5.93. The molecule has 0 atom stereocenters. The van der Waals surface area contributed by atoms with Crippen molar-refractivity contribution in [1.29, 1.82) is 0 Å². The average Bonchev–Trinajstić information content (AvgIpc) is 2.72. The highest BCUT2D eigenvalue weighted by atomic mass is 16.1. The lowest BCUT2D eigenvalue weighted by Gasteiger charge is -2.11. The molecular weight excluding hydrogens is 238 g/mol. The van der Waals surface area contributed by atoms with Gasteiger partial charge in [-0.25, -0.2) is 4.98 Å². The number of allylic oxidation sites excluding steroid dienone is 2. The van der Waals surface area contributed by atoms with Crippen molar-refractivity contribution in [2.24, 2.45) is 0 Å². The molecule has 2 aromatic heterocycles. The summed E-state index contributed by atoms with van der Waals surface area (Å²) in [6.45, 7) is 5.77. The van der Waals surface area contributed by atoms with Gasteiger partial charge in [0.2, 0.25) is 0 Å². The third kappa shape index (κ3) is 3.22. The number of aromatic amines is 1. The largest absolute Gasteiger partial charge is 0.382 e. The number of anilines is 1. The molecule has 100 valence electrons. The van der Waals surface area contributed by atoms with Gasteiger partial charge in [0.15, 0.2) is 5.78 Å². The molecular formula is C15H19N3O. The zero-order valence-corrected chi connectivity index (χ0v) is 11.5. The Morgan fingerprint density at radius 3 is 3.00 bits per heavy atom. The molecule has 4 nitrogen and oxygen atoms in total. The Bertz CT molecular complexity index is 611. The normalized spacial score (nSPS) is 11.6. The van der Waals surface area contributed by atoms with Gasteiger partial charge in [-0.15, -0.1) is 0 Å². The smallest absolute Gasteiger partial charge is 0.152 e. The number of pyridine rings is 1. The third-order valence-corrected chi connectivity index (χ3v) is 2.79. The van der Waals surface area contributed by atoms with Gasteiger partial charge >= 0.3 is 0 Å². The Hall–Kier alpha value is -2.10. The summed E-state index contributed by atoms with van der Waals surface area (Å²) in [7, 11) is 0. The fraction of sp³-hybridized carbons (Fsp3) is 0.333. The van der Waals surface area contributed by atoms with Crippen molar-refractivity contribution in [3.8, 4) is 0 Å². The summed E-state index contributed by atoms with van der Waals surface area (Å²) in [5.41, 5.74) is 3.09. The van der Waals surface area contributed by atoms with E-state index in [1.54, 1.807) is 19.2 Å². The first-order chi connectivity index (χ1) is 9.08. The number of H-pyrrole nitrogens is 1. The van der Waals surface area contributed by atoms with Gasteiger partial charge in [0, 0.05) is 29.5 Å². The summed E-state index contributed by atoms with van der Waals surface area (Å²) in [4.78, 5) is 18.4. The van der Waals surface area contributed by atoms with Gasteiger partial charge in [0.25, 0.3) is 0 Å². The second-order valence-electron chi connectivity index (χ2n) is 4.91. The van der Waals surface area contributed by atoms with Crippen LogP contribution < -0.4 is 5.32 Å². The lowest BCUT2D eigenvalue weighted by molar-refractivity contribution is -0.112. The number of carbonyl (C=O) groups is 1. The molecule has 0 unspecified atom stereocenters. The zero-order chi connectivity index (χ0) is 13.8. The van der Waals surface area contributed by atoms with Crippen LogP contribution in [0.2, 0.25) is 0 Å². The number of aromatic nitrogens is 2. The molecule has 0 aliphatic heterocycles. The monoisotopic (exact) mass is 257 g/mol. The van der Waals surface area contributed by atoms with Gasteiger partial charge in [-0.3, -0.25) is 4.79 Å². The van der Waals surface area contributed by atoms with Crippen LogP contribution in [0.1, 0.15) is 26.3 Å². The van der Waals surface area contributed by atoms with Crippen LogP contribution in [0.5, 0.6) is 0 Å². The predicted octanol–water partition coefficient (Wildman–Crippen LogP) is 3.07. The number of ketones is 1. The molecule has 2 aromatic rings. The molecule has 0 spiro atoms. The van der Waals surface area contributed by atoms with Crippen LogP contribution in [0.15, 0.2) is 30.6 Å². The molecule has 4 heteroatoms. The van der Waals surface area contributed by atoms with Crippen LogP contribution in [0.25, 0.3) is 11.0 Å². The molecule has 2 rings (SSSR count). The third-order valence-electron chi connectivity index (χ3n) is 2.79. The number of hydrogen-bond donors (Lipinski definition) is 2. The summed E-state index contributed by atoms with van der Waals surface area (Å²) in [5.74, 6) is 0.0681. The van der Waals surface area contributed by atoms with E-state index in [1.165, 1.54) is 0 Å². The lowest BCUT2D eigenvalue weighted by Crippen LogP contribution is -2.10. The van der Waals surface area contributed by atoms with Crippen molar-refractivity contribution in [2.75, 3.05) is 5.32 Å². The minimum atomic E-state index is 0.0681. The quantitative estimate of drug-likeness (QED) is 0.809. The molecule has 0 aliphatic carbocycles. The van der Waals surface area contributed by atoms with Crippen molar-refractivity contribution in [1.82, 2.24) is 9.97 Å². The Labute approximate surface area is 112 Å². The molecule has 2 N–H and O–H groups in total. The molecule has 0 radical (unpaired) electrons. The first-order valence-electron chi connectivity index (χ1n) is 6.46. The van der Waals surface area contributed by atoms with E-state index in [4.69, 9.17) is 0 Å². The van der Waals surface area contributed by atoms with Crippen molar-refractivity contribution in [3.63, 3.8) is 0 Å². The molecule has 0 fully saturated rings. The van der Waals surface area contributed by atoms with Gasteiger partial charge in [-0.2, -0.15) is 0 Å². The van der Waals surface area contributed by atoms with E-state index in [0.29, 0.717) is 6.04 Å². The number of nitrogens with zero attached hydrogens (tertiary/aromatic N) is 1. The van der Waals surface area contributed by atoms with Crippen LogP contribution in [0.4, 0.5) is 5.69 Å². The van der Waals surface area contributed by atoms with Crippen LogP contribution >= 0.6 is 0 Å². The molecule has 0 aromatic carbocycles. The molecule has 0 saturated heterocycles. The number of nitrogens with one attached hydrogen (secondary N) is 2. The maximum absolute atomic E-state index is 10.9. The van der Waals surface area contributed by atoms with Gasteiger partial charge in [-0.05, 0) is 44.9 Å². The van der Waals surface area contributed by atoms with E-state index in [-0.39, 0.29) is 5.78 Å².